The average Bonchev–Trinajstić information content (AvgIpc) is 2.98. The number of ether oxygens (including phenoxy) is 1. The molecule has 3 aromatic rings. The molecule has 0 aliphatic carbocycles. The molecule has 0 saturated carbocycles. The lowest BCUT2D eigenvalue weighted by Crippen LogP contribution is -2.30. The van der Waals surface area contributed by atoms with Crippen LogP contribution in [0.3, 0.4) is 0 Å². The van der Waals surface area contributed by atoms with E-state index in [-0.39, 0.29) is 18.7 Å². The highest BCUT2D eigenvalue weighted by Crippen LogP contribution is 2.32. The topological polar surface area (TPSA) is 62.4 Å². The van der Waals surface area contributed by atoms with Crippen LogP contribution in [0.25, 0.3) is 16.5 Å². The zero-order chi connectivity index (χ0) is 21.4. The van der Waals surface area contributed by atoms with Gasteiger partial charge < -0.3 is 14.6 Å². The number of nitrogens with one attached hydrogen (secondary N) is 1. The van der Waals surface area contributed by atoms with Gasteiger partial charge in [-0.15, -0.1) is 0 Å². The lowest BCUT2D eigenvalue weighted by Gasteiger charge is -2.18. The van der Waals surface area contributed by atoms with Gasteiger partial charge >= 0.3 is 5.97 Å². The van der Waals surface area contributed by atoms with Crippen molar-refractivity contribution in [3.05, 3.63) is 76.9 Å². The first-order chi connectivity index (χ1) is 14.4. The van der Waals surface area contributed by atoms with Crippen LogP contribution in [0.4, 0.5) is 13.2 Å². The molecule has 1 aliphatic rings. The van der Waals surface area contributed by atoms with E-state index in [1.807, 2.05) is 24.3 Å². The van der Waals surface area contributed by atoms with Crippen LogP contribution in [0.15, 0.2) is 42.6 Å². The summed E-state index contributed by atoms with van der Waals surface area (Å²) < 4.78 is 47.1. The van der Waals surface area contributed by atoms with E-state index >= 15 is 0 Å². The van der Waals surface area contributed by atoms with Crippen molar-refractivity contribution in [1.29, 1.82) is 0 Å². The van der Waals surface area contributed by atoms with Gasteiger partial charge in [-0.1, -0.05) is 18.2 Å². The predicted octanol–water partition coefficient (Wildman–Crippen LogP) is 4.19. The molecule has 8 heteroatoms. The first-order valence-electron chi connectivity index (χ1n) is 9.35. The first-order valence-corrected chi connectivity index (χ1v) is 9.35. The maximum atomic E-state index is 14.2. The van der Waals surface area contributed by atoms with Crippen molar-refractivity contribution < 1.29 is 27.5 Å². The molecule has 1 aromatic heterocycles. The number of benzene rings is 2. The summed E-state index contributed by atoms with van der Waals surface area (Å²) in [6.45, 7) is 1.78. The number of carbonyl (C=O) groups excluding carboxylic acids is 2. The van der Waals surface area contributed by atoms with Gasteiger partial charge in [-0.25, -0.2) is 18.0 Å². The highest BCUT2D eigenvalue weighted by molar-refractivity contribution is 6.18. The Morgan fingerprint density at radius 1 is 1.10 bits per heavy atom. The Balaban J connectivity index is 1.84. The zero-order valence-corrected chi connectivity index (χ0v) is 16.0. The Hall–Kier alpha value is -3.55. The maximum Gasteiger partial charge on any atom is 0.341 e. The van der Waals surface area contributed by atoms with Crippen LogP contribution in [-0.2, 0) is 16.0 Å². The lowest BCUT2D eigenvalue weighted by atomic mass is 10.0. The molecule has 5 nitrogen and oxygen atoms in total. The Kier molecular flexibility index (Phi) is 5.07. The van der Waals surface area contributed by atoms with Gasteiger partial charge in [0.05, 0.1) is 17.9 Å². The van der Waals surface area contributed by atoms with Crippen LogP contribution < -0.4 is 0 Å². The molecule has 0 atom stereocenters. The van der Waals surface area contributed by atoms with Gasteiger partial charge in [-0.3, -0.25) is 4.79 Å². The summed E-state index contributed by atoms with van der Waals surface area (Å²) in [7, 11) is 0. The third-order valence-electron chi connectivity index (χ3n) is 4.98. The summed E-state index contributed by atoms with van der Waals surface area (Å²) in [5.41, 5.74) is 1.10. The highest BCUT2D eigenvalue weighted by atomic mass is 19.2. The molecule has 154 valence electrons. The fourth-order valence-corrected chi connectivity index (χ4v) is 3.60. The number of nitrogens with zero attached hydrogens (tertiary/aromatic N) is 1. The second-order valence-electron chi connectivity index (χ2n) is 6.75. The number of esters is 1. The van der Waals surface area contributed by atoms with E-state index in [0.717, 1.165) is 21.4 Å². The number of aromatic nitrogens is 1. The first kappa shape index (κ1) is 19.8. The number of rotatable bonds is 3. The summed E-state index contributed by atoms with van der Waals surface area (Å²) in [5, 5.41) is 0.861. The van der Waals surface area contributed by atoms with Crippen LogP contribution in [0.2, 0.25) is 0 Å². The zero-order valence-electron chi connectivity index (χ0n) is 16.0. The largest absolute Gasteiger partial charge is 0.462 e. The average molecular weight is 414 g/mol. The minimum Gasteiger partial charge on any atom is -0.462 e. The Labute approximate surface area is 169 Å². The molecule has 0 spiro atoms. The van der Waals surface area contributed by atoms with Gasteiger partial charge in [0.2, 0.25) is 0 Å². The molecule has 0 saturated heterocycles. The Morgan fingerprint density at radius 2 is 1.83 bits per heavy atom. The molecule has 0 unspecified atom stereocenters. The molecule has 1 amide bonds. The Bertz CT molecular complexity index is 1200. The second kappa shape index (κ2) is 7.70. The fourth-order valence-electron chi connectivity index (χ4n) is 3.60. The minimum absolute atomic E-state index is 0.0337. The Morgan fingerprint density at radius 3 is 2.60 bits per heavy atom. The van der Waals surface area contributed by atoms with Crippen LogP contribution in [0.5, 0.6) is 0 Å². The van der Waals surface area contributed by atoms with Gasteiger partial charge in [0.25, 0.3) is 5.91 Å². The van der Waals surface area contributed by atoms with Gasteiger partial charge in [-0.2, -0.15) is 0 Å². The van der Waals surface area contributed by atoms with Gasteiger partial charge in [0.15, 0.2) is 11.6 Å². The number of fused-ring (bicyclic) bond motifs is 3. The van der Waals surface area contributed by atoms with Crippen LogP contribution in [-0.4, -0.2) is 34.9 Å². The monoisotopic (exact) mass is 414 g/mol. The highest BCUT2D eigenvalue weighted by Gasteiger charge is 2.30. The molecular formula is C22H17F3N2O3. The standard InChI is InChI=1S/C22H17F3N2O3/c1-2-30-22(29)14-11-27(21(28)18-15(23)7-8-16(24)19(18)25)10-9-13-12-5-3-4-6-17(12)26-20(13)14/h3-8,11,26H,2,9-10H2,1H3. The molecule has 0 bridgehead atoms. The molecule has 0 radical (unpaired) electrons. The number of para-hydroxylation sites is 1. The SMILES string of the molecule is CCOC(=O)C1=CN(C(=O)c2c(F)ccc(F)c2F)CCc2c1[nH]c1ccccc21. The van der Waals surface area contributed by atoms with E-state index < -0.39 is 34.9 Å². The van der Waals surface area contributed by atoms with Crippen molar-refractivity contribution in [1.82, 2.24) is 9.88 Å². The molecule has 1 aliphatic heterocycles. The summed E-state index contributed by atoms with van der Waals surface area (Å²) >= 11 is 0. The number of carbonyl (C=O) groups is 2. The van der Waals surface area contributed by atoms with E-state index in [1.54, 1.807) is 6.92 Å². The van der Waals surface area contributed by atoms with Gasteiger partial charge in [0.1, 0.15) is 11.4 Å². The smallest absolute Gasteiger partial charge is 0.341 e. The second-order valence-corrected chi connectivity index (χ2v) is 6.75. The van der Waals surface area contributed by atoms with Crippen LogP contribution in [0.1, 0.15) is 28.5 Å². The lowest BCUT2D eigenvalue weighted by molar-refractivity contribution is -0.136. The van der Waals surface area contributed by atoms with Gasteiger partial charge in [-0.05, 0) is 37.1 Å². The van der Waals surface area contributed by atoms with Crippen LogP contribution in [0, 0.1) is 17.5 Å². The molecule has 2 aromatic carbocycles. The van der Waals surface area contributed by atoms with E-state index in [2.05, 4.69) is 4.98 Å². The third-order valence-corrected chi connectivity index (χ3v) is 4.98. The maximum absolute atomic E-state index is 14.2. The summed E-state index contributed by atoms with van der Waals surface area (Å²) in [6.07, 6.45) is 1.51. The summed E-state index contributed by atoms with van der Waals surface area (Å²) in [4.78, 5) is 29.7. The van der Waals surface area contributed by atoms with E-state index in [0.29, 0.717) is 24.2 Å². The van der Waals surface area contributed by atoms with Gasteiger partial charge in [0, 0.05) is 23.6 Å². The van der Waals surface area contributed by atoms with E-state index in [4.69, 9.17) is 4.74 Å². The number of aromatic amines is 1. The van der Waals surface area contributed by atoms with Crippen LogP contribution >= 0.6 is 0 Å². The normalized spacial score (nSPS) is 13.6. The number of H-pyrrole nitrogens is 1. The van der Waals surface area contributed by atoms with E-state index in [1.165, 1.54) is 6.20 Å². The summed E-state index contributed by atoms with van der Waals surface area (Å²) in [5.74, 6) is -5.86. The van der Waals surface area contributed by atoms with Crippen molar-refractivity contribution in [3.63, 3.8) is 0 Å². The predicted molar refractivity (Wildman–Crippen MR) is 104 cm³/mol. The quantitative estimate of drug-likeness (QED) is 0.517. The third kappa shape index (κ3) is 3.24. The molecule has 0 fully saturated rings. The molecule has 30 heavy (non-hydrogen) atoms. The van der Waals surface area contributed by atoms with Crippen molar-refractivity contribution in [2.75, 3.05) is 13.2 Å². The number of hydrogen-bond acceptors (Lipinski definition) is 3. The molecular weight excluding hydrogens is 397 g/mol. The van der Waals surface area contributed by atoms with Crippen molar-refractivity contribution >= 4 is 28.4 Å². The number of amides is 1. The van der Waals surface area contributed by atoms with E-state index in [9.17, 15) is 22.8 Å². The van der Waals surface area contributed by atoms with Crippen molar-refractivity contribution in [3.8, 4) is 0 Å². The summed E-state index contributed by atoms with van der Waals surface area (Å²) in [6, 6.07) is 8.72. The van der Waals surface area contributed by atoms with Crippen molar-refractivity contribution in [2.24, 2.45) is 0 Å². The molecule has 4 rings (SSSR count). The molecule has 1 N–H and O–H groups in total. The van der Waals surface area contributed by atoms with Crippen molar-refractivity contribution in [2.45, 2.75) is 13.3 Å². The molecule has 2 heterocycles. The fraction of sp³-hybridized carbons (Fsp3) is 0.182. The minimum atomic E-state index is -1.57. The number of halogens is 3. The number of hydrogen-bond donors (Lipinski definition) is 1.